The molecule has 0 spiro atoms. The summed E-state index contributed by atoms with van der Waals surface area (Å²) in [6.45, 7) is 2.32. The first-order valence-electron chi connectivity index (χ1n) is 10.1. The van der Waals surface area contributed by atoms with Gasteiger partial charge in [0.1, 0.15) is 0 Å². The minimum atomic E-state index is 0.142. The molecule has 1 atom stereocenters. The summed E-state index contributed by atoms with van der Waals surface area (Å²) in [6.07, 6.45) is 6.94. The SMILES string of the molecule is [NH3+]CCCCC(=O)N1CCC(Nc2ncc(Cl)c(-c3c[nH]c4ccccc34)n2)C1. The van der Waals surface area contributed by atoms with Gasteiger partial charge in [-0.05, 0) is 25.3 Å². The average Bonchev–Trinajstić information content (AvgIpc) is 3.37. The van der Waals surface area contributed by atoms with E-state index in [2.05, 4.69) is 26.0 Å². The smallest absolute Gasteiger partial charge is 0.223 e. The molecule has 8 heteroatoms. The summed E-state index contributed by atoms with van der Waals surface area (Å²) in [5, 5.41) is 4.95. The van der Waals surface area contributed by atoms with Gasteiger partial charge in [-0.2, -0.15) is 0 Å². The number of hydrogen-bond donors (Lipinski definition) is 3. The van der Waals surface area contributed by atoms with Crippen LogP contribution in [0.3, 0.4) is 0 Å². The Hall–Kier alpha value is -2.64. The van der Waals surface area contributed by atoms with Crippen LogP contribution in [0.4, 0.5) is 5.95 Å². The van der Waals surface area contributed by atoms with Gasteiger partial charge in [0.05, 0.1) is 23.5 Å². The van der Waals surface area contributed by atoms with E-state index in [9.17, 15) is 4.79 Å². The van der Waals surface area contributed by atoms with Gasteiger partial charge in [0, 0.05) is 48.2 Å². The van der Waals surface area contributed by atoms with Crippen molar-refractivity contribution in [3.63, 3.8) is 0 Å². The molecule has 1 aliphatic rings. The monoisotopic (exact) mass is 413 g/mol. The third-order valence-electron chi connectivity index (χ3n) is 5.35. The molecule has 0 aliphatic carbocycles. The van der Waals surface area contributed by atoms with Crippen molar-refractivity contribution in [2.75, 3.05) is 25.0 Å². The summed E-state index contributed by atoms with van der Waals surface area (Å²) in [6, 6.07) is 8.19. The lowest BCUT2D eigenvalue weighted by Crippen LogP contribution is -2.50. The van der Waals surface area contributed by atoms with Gasteiger partial charge in [-0.1, -0.05) is 29.8 Å². The number of anilines is 1. The molecule has 5 N–H and O–H groups in total. The lowest BCUT2D eigenvalue weighted by molar-refractivity contribution is -0.368. The molecule has 1 fully saturated rings. The van der Waals surface area contributed by atoms with E-state index < -0.39 is 0 Å². The molecule has 0 saturated carbocycles. The first-order chi connectivity index (χ1) is 14.2. The highest BCUT2D eigenvalue weighted by atomic mass is 35.5. The molecule has 0 radical (unpaired) electrons. The Morgan fingerprint density at radius 2 is 2.21 bits per heavy atom. The molecular weight excluding hydrogens is 388 g/mol. The number of quaternary nitrogens is 1. The van der Waals surface area contributed by atoms with Crippen LogP contribution in [0.25, 0.3) is 22.2 Å². The van der Waals surface area contributed by atoms with Crippen molar-refractivity contribution in [1.82, 2.24) is 19.9 Å². The van der Waals surface area contributed by atoms with Gasteiger partial charge in [0.15, 0.2) is 0 Å². The highest BCUT2D eigenvalue weighted by molar-refractivity contribution is 6.33. The van der Waals surface area contributed by atoms with Crippen LogP contribution in [0, 0.1) is 0 Å². The summed E-state index contributed by atoms with van der Waals surface area (Å²) < 4.78 is 0. The maximum Gasteiger partial charge on any atom is 0.223 e. The number of aromatic amines is 1. The molecule has 29 heavy (non-hydrogen) atoms. The van der Waals surface area contributed by atoms with E-state index in [-0.39, 0.29) is 11.9 Å². The number of para-hydroxylation sites is 1. The Labute approximate surface area is 174 Å². The number of carbonyl (C=O) groups excluding carboxylic acids is 1. The fourth-order valence-electron chi connectivity index (χ4n) is 3.79. The quantitative estimate of drug-likeness (QED) is 0.518. The predicted molar refractivity (Wildman–Crippen MR) is 115 cm³/mol. The second kappa shape index (κ2) is 8.80. The molecule has 152 valence electrons. The Morgan fingerprint density at radius 1 is 1.34 bits per heavy atom. The van der Waals surface area contributed by atoms with E-state index >= 15 is 0 Å². The lowest BCUT2D eigenvalue weighted by atomic mass is 10.1. The fraction of sp³-hybridized carbons (Fsp3) is 0.381. The largest absolute Gasteiger partial charge is 0.360 e. The van der Waals surface area contributed by atoms with Crippen LogP contribution in [0.1, 0.15) is 25.7 Å². The number of benzene rings is 1. The summed E-state index contributed by atoms with van der Waals surface area (Å²) >= 11 is 6.41. The van der Waals surface area contributed by atoms with Crippen LogP contribution in [0.5, 0.6) is 0 Å². The van der Waals surface area contributed by atoms with Crippen LogP contribution in [-0.2, 0) is 4.79 Å². The molecule has 3 aromatic rings. The van der Waals surface area contributed by atoms with E-state index in [0.717, 1.165) is 48.8 Å². The number of amides is 1. The van der Waals surface area contributed by atoms with Crippen molar-refractivity contribution in [3.8, 4) is 11.3 Å². The van der Waals surface area contributed by atoms with Crippen molar-refractivity contribution >= 4 is 34.4 Å². The van der Waals surface area contributed by atoms with Crippen molar-refractivity contribution < 1.29 is 10.5 Å². The molecule has 1 unspecified atom stereocenters. The van der Waals surface area contributed by atoms with Crippen LogP contribution in [0.15, 0.2) is 36.7 Å². The van der Waals surface area contributed by atoms with E-state index in [1.54, 1.807) is 6.20 Å². The Kier molecular flexibility index (Phi) is 5.97. The number of likely N-dealkylation sites (tertiary alicyclic amines) is 1. The topological polar surface area (TPSA) is 102 Å². The zero-order valence-corrected chi connectivity index (χ0v) is 17.1. The Bertz CT molecular complexity index is 1000. The van der Waals surface area contributed by atoms with Gasteiger partial charge < -0.3 is 20.9 Å². The van der Waals surface area contributed by atoms with Crippen LogP contribution < -0.4 is 11.1 Å². The number of nitrogens with one attached hydrogen (secondary N) is 2. The van der Waals surface area contributed by atoms with Gasteiger partial charge in [0.2, 0.25) is 11.9 Å². The third-order valence-corrected chi connectivity index (χ3v) is 5.63. The van der Waals surface area contributed by atoms with Crippen molar-refractivity contribution in [2.45, 2.75) is 31.7 Å². The number of rotatable bonds is 7. The van der Waals surface area contributed by atoms with Crippen molar-refractivity contribution in [3.05, 3.63) is 41.7 Å². The maximum atomic E-state index is 12.3. The molecule has 1 amide bonds. The van der Waals surface area contributed by atoms with Crippen molar-refractivity contribution in [1.29, 1.82) is 0 Å². The molecule has 1 aliphatic heterocycles. The van der Waals surface area contributed by atoms with Crippen LogP contribution in [0.2, 0.25) is 5.02 Å². The van der Waals surface area contributed by atoms with Crippen LogP contribution >= 0.6 is 11.6 Å². The molecular formula is C21H26ClN6O+. The number of nitrogens with zero attached hydrogens (tertiary/aromatic N) is 3. The van der Waals surface area contributed by atoms with E-state index in [4.69, 9.17) is 11.6 Å². The molecule has 7 nitrogen and oxygen atoms in total. The second-order valence-corrected chi connectivity index (χ2v) is 7.83. The van der Waals surface area contributed by atoms with Gasteiger partial charge >= 0.3 is 0 Å². The first-order valence-corrected chi connectivity index (χ1v) is 10.5. The Morgan fingerprint density at radius 3 is 3.07 bits per heavy atom. The molecule has 2 aromatic heterocycles. The third kappa shape index (κ3) is 4.36. The minimum Gasteiger partial charge on any atom is -0.360 e. The maximum absolute atomic E-state index is 12.3. The van der Waals surface area contributed by atoms with Crippen LogP contribution in [-0.4, -0.2) is 51.4 Å². The number of halogens is 1. The summed E-state index contributed by atoms with van der Waals surface area (Å²) in [7, 11) is 0. The van der Waals surface area contributed by atoms with Gasteiger partial charge in [-0.25, -0.2) is 9.97 Å². The van der Waals surface area contributed by atoms with Gasteiger partial charge in [-0.3, -0.25) is 4.79 Å². The highest BCUT2D eigenvalue weighted by Gasteiger charge is 2.26. The number of fused-ring (bicyclic) bond motifs is 1. The first kappa shape index (κ1) is 19.7. The molecule has 4 rings (SSSR count). The second-order valence-electron chi connectivity index (χ2n) is 7.42. The summed E-state index contributed by atoms with van der Waals surface area (Å²) in [5.41, 5.74) is 6.51. The molecule has 0 bridgehead atoms. The zero-order chi connectivity index (χ0) is 20.2. The highest BCUT2D eigenvalue weighted by Crippen LogP contribution is 2.32. The van der Waals surface area contributed by atoms with E-state index in [1.165, 1.54) is 0 Å². The summed E-state index contributed by atoms with van der Waals surface area (Å²) in [5.74, 6) is 0.755. The zero-order valence-electron chi connectivity index (χ0n) is 16.3. The van der Waals surface area contributed by atoms with Gasteiger partial charge in [0.25, 0.3) is 0 Å². The fourth-order valence-corrected chi connectivity index (χ4v) is 3.98. The molecule has 3 heterocycles. The van der Waals surface area contributed by atoms with E-state index in [0.29, 0.717) is 29.6 Å². The van der Waals surface area contributed by atoms with Crippen molar-refractivity contribution in [2.24, 2.45) is 0 Å². The summed E-state index contributed by atoms with van der Waals surface area (Å²) in [4.78, 5) is 26.5. The molecule has 1 aromatic carbocycles. The number of aromatic nitrogens is 3. The Balaban J connectivity index is 1.46. The number of hydrogen-bond acceptors (Lipinski definition) is 4. The number of carbonyl (C=O) groups is 1. The number of unbranched alkanes of at least 4 members (excludes halogenated alkanes) is 1. The standard InChI is InChI=1S/C21H25ClN6O/c22-17-12-25-21(26-14-8-10-28(13-14)19(29)7-3-4-9-23)27-20(17)16-11-24-18-6-2-1-5-15(16)18/h1-2,5-6,11-12,14,24H,3-4,7-10,13,23H2,(H,25,26,27)/p+1. The average molecular weight is 414 g/mol. The predicted octanol–water partition coefficient (Wildman–Crippen LogP) is 2.70. The molecule has 1 saturated heterocycles. The lowest BCUT2D eigenvalue weighted by Gasteiger charge is -2.17. The van der Waals surface area contributed by atoms with Gasteiger partial charge in [-0.15, -0.1) is 0 Å². The normalized spacial score (nSPS) is 16.5. The van der Waals surface area contributed by atoms with E-state index in [1.807, 2.05) is 35.4 Å². The number of H-pyrrole nitrogens is 1. The minimum absolute atomic E-state index is 0.142.